The van der Waals surface area contributed by atoms with Crippen LogP contribution in [0.5, 0.6) is 0 Å². The Kier molecular flexibility index (Phi) is 8.27. The van der Waals surface area contributed by atoms with Gasteiger partial charge in [0.2, 0.25) is 0 Å². The summed E-state index contributed by atoms with van der Waals surface area (Å²) >= 11 is 1.97. The fraction of sp³-hybridized carbons (Fsp3) is 0.455. The van der Waals surface area contributed by atoms with Gasteiger partial charge in [0.1, 0.15) is 0 Å². The third-order valence-electron chi connectivity index (χ3n) is 1.85. The number of rotatable bonds is 4. The van der Waals surface area contributed by atoms with E-state index in [0.717, 1.165) is 0 Å². The van der Waals surface area contributed by atoms with Gasteiger partial charge in [-0.1, -0.05) is 31.5 Å². The van der Waals surface area contributed by atoms with Gasteiger partial charge in [-0.2, -0.15) is 0 Å². The normalized spacial score (nSPS) is 9.38. The average molecular weight is 204 g/mol. The molecule has 0 aliphatic heterocycles. The van der Waals surface area contributed by atoms with Crippen molar-refractivity contribution in [2.24, 2.45) is 0 Å². The molecule has 0 aromatic heterocycles. The van der Waals surface area contributed by atoms with Gasteiger partial charge in [0.25, 0.3) is 0 Å². The van der Waals surface area contributed by atoms with Gasteiger partial charge in [-0.3, -0.25) is 0 Å². The standard InChI is InChI=1S/C11H16S.Na.H/c1-3-4-9-12-11-8-6-5-7-10(11)2;;/h5-8H,3-4,9H2,1-2H3;;/q;+1;-1. The molecule has 0 nitrogen and oxygen atoms in total. The Morgan fingerprint density at radius 1 is 1.31 bits per heavy atom. The van der Waals surface area contributed by atoms with Crippen LogP contribution >= 0.6 is 11.8 Å². The molecule has 1 aromatic carbocycles. The Morgan fingerprint density at radius 2 is 2.00 bits per heavy atom. The van der Waals surface area contributed by atoms with E-state index in [4.69, 9.17) is 0 Å². The summed E-state index contributed by atoms with van der Waals surface area (Å²) in [5.74, 6) is 1.25. The summed E-state index contributed by atoms with van der Waals surface area (Å²) in [5.41, 5.74) is 1.40. The van der Waals surface area contributed by atoms with Gasteiger partial charge in [-0.15, -0.1) is 11.8 Å². The molecule has 2 heteroatoms. The average Bonchev–Trinajstić information content (AvgIpc) is 2.09. The van der Waals surface area contributed by atoms with E-state index in [2.05, 4.69) is 38.1 Å². The second-order valence-electron chi connectivity index (χ2n) is 2.97. The van der Waals surface area contributed by atoms with Crippen molar-refractivity contribution in [3.63, 3.8) is 0 Å². The molecule has 0 saturated heterocycles. The molecular weight excluding hydrogens is 187 g/mol. The first-order valence-corrected chi connectivity index (χ1v) is 5.51. The molecule has 0 spiro atoms. The molecule has 0 bridgehead atoms. The fourth-order valence-electron chi connectivity index (χ4n) is 1.04. The van der Waals surface area contributed by atoms with E-state index < -0.39 is 0 Å². The molecule has 1 aromatic rings. The summed E-state index contributed by atoms with van der Waals surface area (Å²) in [4.78, 5) is 1.44. The van der Waals surface area contributed by atoms with Crippen molar-refractivity contribution >= 4 is 11.8 Å². The SMILES string of the molecule is CCCCSc1ccccc1C.[H-].[Na+]. The van der Waals surface area contributed by atoms with Crippen LogP contribution in [-0.2, 0) is 0 Å². The Hall–Kier alpha value is 0.570. The van der Waals surface area contributed by atoms with Crippen LogP contribution in [0.3, 0.4) is 0 Å². The summed E-state index contributed by atoms with van der Waals surface area (Å²) < 4.78 is 0. The van der Waals surface area contributed by atoms with Crippen LogP contribution in [0.2, 0.25) is 0 Å². The molecule has 0 saturated carbocycles. The fourth-order valence-corrected chi connectivity index (χ4v) is 2.17. The predicted molar refractivity (Wildman–Crippen MR) is 57.9 cm³/mol. The Bertz CT molecular complexity index is 240. The minimum absolute atomic E-state index is 0. The third-order valence-corrected chi connectivity index (χ3v) is 3.11. The Labute approximate surface area is 109 Å². The van der Waals surface area contributed by atoms with E-state index in [1.165, 1.54) is 29.1 Å². The van der Waals surface area contributed by atoms with Crippen LogP contribution < -0.4 is 29.6 Å². The molecule has 13 heavy (non-hydrogen) atoms. The summed E-state index contributed by atoms with van der Waals surface area (Å²) in [6.07, 6.45) is 2.61. The van der Waals surface area contributed by atoms with Gasteiger partial charge in [0.15, 0.2) is 0 Å². The maximum Gasteiger partial charge on any atom is 1.00 e. The second kappa shape index (κ2) is 7.93. The maximum absolute atomic E-state index is 2.23. The molecule has 0 fully saturated rings. The van der Waals surface area contributed by atoms with E-state index >= 15 is 0 Å². The Balaban J connectivity index is 0. The van der Waals surface area contributed by atoms with Gasteiger partial charge < -0.3 is 1.43 Å². The molecule has 68 valence electrons. The maximum atomic E-state index is 2.23. The van der Waals surface area contributed by atoms with Crippen LogP contribution in [-0.4, -0.2) is 5.75 Å². The predicted octanol–water partition coefficient (Wildman–Crippen LogP) is 1.00. The number of hydrogen-bond donors (Lipinski definition) is 0. The first-order chi connectivity index (χ1) is 5.84. The van der Waals surface area contributed by atoms with Crippen LogP contribution in [0, 0.1) is 6.92 Å². The largest absolute Gasteiger partial charge is 1.00 e. The summed E-state index contributed by atoms with van der Waals surface area (Å²) in [7, 11) is 0. The molecule has 1 rings (SSSR count). The van der Waals surface area contributed by atoms with Crippen molar-refractivity contribution in [3.8, 4) is 0 Å². The molecule has 0 amide bonds. The minimum Gasteiger partial charge on any atom is -1.00 e. The summed E-state index contributed by atoms with van der Waals surface area (Å²) in [5, 5.41) is 0. The van der Waals surface area contributed by atoms with Gasteiger partial charge in [-0.05, 0) is 30.7 Å². The van der Waals surface area contributed by atoms with Crippen molar-refractivity contribution in [2.75, 3.05) is 5.75 Å². The number of thioether (sulfide) groups is 1. The second-order valence-corrected chi connectivity index (χ2v) is 4.10. The first kappa shape index (κ1) is 13.6. The van der Waals surface area contributed by atoms with Gasteiger partial charge in [-0.25, -0.2) is 0 Å². The van der Waals surface area contributed by atoms with Crippen LogP contribution in [0.15, 0.2) is 29.2 Å². The van der Waals surface area contributed by atoms with Crippen LogP contribution in [0.4, 0.5) is 0 Å². The number of benzene rings is 1. The van der Waals surface area contributed by atoms with E-state index in [-0.39, 0.29) is 31.0 Å². The molecule has 0 atom stereocenters. The molecule has 0 heterocycles. The summed E-state index contributed by atoms with van der Waals surface area (Å²) in [6, 6.07) is 8.59. The number of unbranched alkanes of at least 4 members (excludes halogenated alkanes) is 1. The van der Waals surface area contributed by atoms with Crippen molar-refractivity contribution < 1.29 is 31.0 Å². The van der Waals surface area contributed by atoms with E-state index in [1.807, 2.05) is 11.8 Å². The zero-order valence-electron chi connectivity index (χ0n) is 9.84. The molecule has 0 N–H and O–H groups in total. The molecule has 0 aliphatic rings. The molecular formula is C11H17NaS. The quantitative estimate of drug-likeness (QED) is 0.401. The topological polar surface area (TPSA) is 0 Å². The number of hydrogen-bond acceptors (Lipinski definition) is 1. The van der Waals surface area contributed by atoms with Gasteiger partial charge >= 0.3 is 29.6 Å². The number of aryl methyl sites for hydroxylation is 1. The molecule has 0 aliphatic carbocycles. The smallest absolute Gasteiger partial charge is 1.00 e. The first-order valence-electron chi connectivity index (χ1n) is 4.53. The van der Waals surface area contributed by atoms with Crippen LogP contribution in [0.25, 0.3) is 0 Å². The van der Waals surface area contributed by atoms with Crippen molar-refractivity contribution in [3.05, 3.63) is 29.8 Å². The zero-order chi connectivity index (χ0) is 8.81. The molecule has 0 radical (unpaired) electrons. The minimum atomic E-state index is 0. The van der Waals surface area contributed by atoms with Crippen molar-refractivity contribution in [1.82, 2.24) is 0 Å². The van der Waals surface area contributed by atoms with E-state index in [1.54, 1.807) is 0 Å². The van der Waals surface area contributed by atoms with Crippen LogP contribution in [0.1, 0.15) is 26.8 Å². The van der Waals surface area contributed by atoms with Crippen molar-refractivity contribution in [2.45, 2.75) is 31.6 Å². The van der Waals surface area contributed by atoms with Gasteiger partial charge in [0.05, 0.1) is 0 Å². The zero-order valence-corrected chi connectivity index (χ0v) is 11.7. The van der Waals surface area contributed by atoms with Gasteiger partial charge in [0, 0.05) is 4.90 Å². The molecule has 0 unspecified atom stereocenters. The Morgan fingerprint density at radius 3 is 2.62 bits per heavy atom. The summed E-state index contributed by atoms with van der Waals surface area (Å²) in [6.45, 7) is 4.41. The van der Waals surface area contributed by atoms with E-state index in [9.17, 15) is 0 Å². The van der Waals surface area contributed by atoms with E-state index in [0.29, 0.717) is 0 Å². The van der Waals surface area contributed by atoms with Crippen molar-refractivity contribution in [1.29, 1.82) is 0 Å². The third kappa shape index (κ3) is 5.11. The monoisotopic (exact) mass is 204 g/mol.